The molecule has 0 aliphatic heterocycles. The molecule has 0 spiro atoms. The molecule has 0 saturated carbocycles. The summed E-state index contributed by atoms with van der Waals surface area (Å²) in [4.78, 5) is 72.5. The van der Waals surface area contributed by atoms with Gasteiger partial charge in [0.05, 0.1) is 26.4 Å². The highest BCUT2D eigenvalue weighted by Gasteiger charge is 2.30. The van der Waals surface area contributed by atoms with Gasteiger partial charge in [0.1, 0.15) is 19.3 Å². The van der Waals surface area contributed by atoms with Gasteiger partial charge in [-0.1, -0.05) is 293 Å². The Labute approximate surface area is 543 Å². The normalized spacial score (nSPS) is 14.6. The minimum atomic E-state index is -4.95. The van der Waals surface area contributed by atoms with E-state index in [0.717, 1.165) is 114 Å². The van der Waals surface area contributed by atoms with E-state index in [1.165, 1.54) is 148 Å². The van der Waals surface area contributed by atoms with E-state index in [0.29, 0.717) is 25.7 Å². The standard InChI is InChI=1S/C70H136O17P2/c1-9-63(8)49-41-33-28-29-37-45-53-70(75)87-66(57-80-67(72)50-42-34-25-18-13-11-10-12-16-22-30-38-46-60(2)3)59-85-89(78,79)83-55-64(71)54-82-88(76,77)84-58-65(56-81-68(73)51-43-35-26-21-20-24-32-40-48-62(6)7)86-69(74)52-44-36-27-19-15-14-17-23-31-39-47-61(4)5/h60-66,71H,9-59H2,1-8H3,(H,76,77)(H,78,79)/t63?,64?,65-,66-/m1/s1. The molecule has 0 aromatic carbocycles. The summed E-state index contributed by atoms with van der Waals surface area (Å²) in [5, 5.41) is 10.6. The first-order valence-electron chi connectivity index (χ1n) is 36.2. The molecular weight excluding hydrogens is 1170 g/mol. The van der Waals surface area contributed by atoms with Crippen molar-refractivity contribution in [2.45, 2.75) is 363 Å². The highest BCUT2D eigenvalue weighted by atomic mass is 31.2. The second-order valence-electron chi connectivity index (χ2n) is 26.9. The Bertz CT molecular complexity index is 1770. The number of carbonyl (C=O) groups is 4. The topological polar surface area (TPSA) is 237 Å². The molecule has 89 heavy (non-hydrogen) atoms. The van der Waals surface area contributed by atoms with Crippen molar-refractivity contribution in [3.05, 3.63) is 0 Å². The molecule has 0 aliphatic carbocycles. The molecular formula is C70H136O17P2. The first-order valence-corrected chi connectivity index (χ1v) is 39.2. The quantitative estimate of drug-likeness (QED) is 0.0222. The number of rotatable bonds is 67. The van der Waals surface area contributed by atoms with Crippen LogP contribution in [0.3, 0.4) is 0 Å². The number of hydrogen-bond acceptors (Lipinski definition) is 15. The SMILES string of the molecule is CCC(C)CCCCCCCCC(=O)O[C@H](COC(=O)CCCCCCCCCCCCCCC(C)C)COP(=O)(O)OCC(O)COP(=O)(O)OC[C@@H](COC(=O)CCCCCCCCCCC(C)C)OC(=O)CCCCCCCCCCCCC(C)C. The minimum absolute atomic E-state index is 0.102. The van der Waals surface area contributed by atoms with Crippen LogP contribution in [0.15, 0.2) is 0 Å². The van der Waals surface area contributed by atoms with Crippen molar-refractivity contribution in [3.8, 4) is 0 Å². The number of carbonyl (C=O) groups excluding carboxylic acids is 4. The molecule has 0 heterocycles. The fourth-order valence-corrected chi connectivity index (χ4v) is 12.0. The van der Waals surface area contributed by atoms with Gasteiger partial charge in [0.2, 0.25) is 0 Å². The zero-order chi connectivity index (χ0) is 66.1. The van der Waals surface area contributed by atoms with E-state index in [2.05, 4.69) is 55.4 Å². The second-order valence-corrected chi connectivity index (χ2v) is 29.8. The van der Waals surface area contributed by atoms with Crippen molar-refractivity contribution in [1.82, 2.24) is 0 Å². The molecule has 0 aromatic rings. The number of phosphoric acid groups is 2. The van der Waals surface area contributed by atoms with Crippen LogP contribution < -0.4 is 0 Å². The lowest BCUT2D eigenvalue weighted by atomic mass is 10.00. The number of aliphatic hydroxyl groups is 1. The monoisotopic (exact) mass is 1310 g/mol. The number of ether oxygens (including phenoxy) is 4. The zero-order valence-electron chi connectivity index (χ0n) is 58.1. The van der Waals surface area contributed by atoms with Crippen LogP contribution in [0.4, 0.5) is 0 Å². The van der Waals surface area contributed by atoms with Crippen LogP contribution in [0.25, 0.3) is 0 Å². The lowest BCUT2D eigenvalue weighted by Gasteiger charge is -2.21. The van der Waals surface area contributed by atoms with Gasteiger partial charge < -0.3 is 33.8 Å². The number of phosphoric ester groups is 2. The third-order valence-corrected chi connectivity index (χ3v) is 18.3. The first-order chi connectivity index (χ1) is 42.6. The van der Waals surface area contributed by atoms with Crippen molar-refractivity contribution in [3.63, 3.8) is 0 Å². The first kappa shape index (κ1) is 87.1. The molecule has 0 aromatic heterocycles. The molecule has 528 valence electrons. The summed E-state index contributed by atoms with van der Waals surface area (Å²) in [7, 11) is -9.90. The summed E-state index contributed by atoms with van der Waals surface area (Å²) < 4.78 is 68.3. The van der Waals surface area contributed by atoms with Gasteiger partial charge in [-0.3, -0.25) is 37.3 Å². The fraction of sp³-hybridized carbons (Fsp3) is 0.943. The van der Waals surface area contributed by atoms with Crippen LogP contribution in [-0.2, 0) is 65.4 Å². The van der Waals surface area contributed by atoms with Crippen LogP contribution in [-0.4, -0.2) is 96.7 Å². The average Bonchev–Trinajstić information content (AvgIpc) is 3.57. The van der Waals surface area contributed by atoms with Gasteiger partial charge in [-0.05, 0) is 49.4 Å². The highest BCUT2D eigenvalue weighted by molar-refractivity contribution is 7.47. The molecule has 19 heteroatoms. The third kappa shape index (κ3) is 63.2. The molecule has 0 bridgehead atoms. The summed E-state index contributed by atoms with van der Waals surface area (Å²) in [5.74, 6) is 0.848. The summed E-state index contributed by atoms with van der Waals surface area (Å²) in [6.07, 6.45) is 41.7. The van der Waals surface area contributed by atoms with Crippen LogP contribution >= 0.6 is 15.6 Å². The molecule has 6 atom stereocenters. The molecule has 3 N–H and O–H groups in total. The van der Waals surface area contributed by atoms with Crippen molar-refractivity contribution in [2.24, 2.45) is 23.7 Å². The lowest BCUT2D eigenvalue weighted by Crippen LogP contribution is -2.30. The van der Waals surface area contributed by atoms with E-state index < -0.39 is 97.5 Å². The Morgan fingerprint density at radius 1 is 0.315 bits per heavy atom. The van der Waals surface area contributed by atoms with Gasteiger partial charge >= 0.3 is 39.5 Å². The van der Waals surface area contributed by atoms with E-state index in [9.17, 15) is 43.2 Å². The van der Waals surface area contributed by atoms with Crippen LogP contribution in [0.2, 0.25) is 0 Å². The average molecular weight is 1310 g/mol. The van der Waals surface area contributed by atoms with E-state index in [-0.39, 0.29) is 25.7 Å². The van der Waals surface area contributed by atoms with Crippen LogP contribution in [0.5, 0.6) is 0 Å². The van der Waals surface area contributed by atoms with Crippen molar-refractivity contribution in [2.75, 3.05) is 39.6 Å². The van der Waals surface area contributed by atoms with E-state index in [4.69, 9.17) is 37.0 Å². The van der Waals surface area contributed by atoms with Gasteiger partial charge in [0, 0.05) is 25.7 Å². The van der Waals surface area contributed by atoms with Crippen molar-refractivity contribution >= 4 is 39.5 Å². The van der Waals surface area contributed by atoms with Gasteiger partial charge in [-0.25, -0.2) is 9.13 Å². The maximum absolute atomic E-state index is 13.0. The summed E-state index contributed by atoms with van der Waals surface area (Å²) >= 11 is 0. The summed E-state index contributed by atoms with van der Waals surface area (Å²) in [6, 6.07) is 0. The Kier molecular flexibility index (Phi) is 58.5. The third-order valence-electron chi connectivity index (χ3n) is 16.4. The predicted molar refractivity (Wildman–Crippen MR) is 358 cm³/mol. The van der Waals surface area contributed by atoms with Crippen molar-refractivity contribution < 1.29 is 80.2 Å². The molecule has 0 rings (SSSR count). The zero-order valence-corrected chi connectivity index (χ0v) is 59.8. The lowest BCUT2D eigenvalue weighted by molar-refractivity contribution is -0.161. The van der Waals surface area contributed by atoms with Gasteiger partial charge in [-0.15, -0.1) is 0 Å². The number of unbranched alkanes of at least 4 members (excludes halogenated alkanes) is 32. The fourth-order valence-electron chi connectivity index (χ4n) is 10.5. The maximum Gasteiger partial charge on any atom is 0.472 e. The molecule has 0 radical (unpaired) electrons. The number of hydrogen-bond donors (Lipinski definition) is 3. The summed E-state index contributed by atoms with van der Waals surface area (Å²) in [6.45, 7) is 14.1. The van der Waals surface area contributed by atoms with E-state index in [1.54, 1.807) is 0 Å². The molecule has 17 nitrogen and oxygen atoms in total. The summed E-state index contributed by atoms with van der Waals surface area (Å²) in [5.41, 5.74) is 0. The molecule has 0 fully saturated rings. The minimum Gasteiger partial charge on any atom is -0.462 e. The maximum atomic E-state index is 13.0. The highest BCUT2D eigenvalue weighted by Crippen LogP contribution is 2.45. The second kappa shape index (κ2) is 59.8. The van der Waals surface area contributed by atoms with Crippen LogP contribution in [0.1, 0.15) is 344 Å². The van der Waals surface area contributed by atoms with Gasteiger partial charge in [0.25, 0.3) is 0 Å². The van der Waals surface area contributed by atoms with E-state index >= 15 is 0 Å². The smallest absolute Gasteiger partial charge is 0.462 e. The predicted octanol–water partition coefficient (Wildman–Crippen LogP) is 19.7. The van der Waals surface area contributed by atoms with Crippen LogP contribution in [0, 0.1) is 23.7 Å². The molecule has 0 saturated heterocycles. The Hall–Kier alpha value is -1.94. The number of esters is 4. The van der Waals surface area contributed by atoms with Crippen molar-refractivity contribution in [1.29, 1.82) is 0 Å². The largest absolute Gasteiger partial charge is 0.472 e. The van der Waals surface area contributed by atoms with E-state index in [1.807, 2.05) is 0 Å². The Balaban J connectivity index is 5.24. The van der Waals surface area contributed by atoms with Gasteiger partial charge in [-0.2, -0.15) is 0 Å². The molecule has 0 aliphatic rings. The number of aliphatic hydroxyl groups excluding tert-OH is 1. The molecule has 4 unspecified atom stereocenters. The van der Waals surface area contributed by atoms with Gasteiger partial charge in [0.15, 0.2) is 12.2 Å². The Morgan fingerprint density at radius 2 is 0.539 bits per heavy atom. The Morgan fingerprint density at radius 3 is 0.798 bits per heavy atom. The molecule has 0 amide bonds.